The van der Waals surface area contributed by atoms with Crippen LogP contribution in [0.25, 0.3) is 11.6 Å². The predicted molar refractivity (Wildman–Crippen MR) is 112 cm³/mol. The highest BCUT2D eigenvalue weighted by Gasteiger charge is 2.25. The summed E-state index contributed by atoms with van der Waals surface area (Å²) < 4.78 is 6.67. The van der Waals surface area contributed by atoms with Crippen LogP contribution in [0.2, 0.25) is 0 Å². The monoisotopic (exact) mass is 413 g/mol. The number of hydrogen-bond acceptors (Lipinski definition) is 2. The Balaban J connectivity index is 2.18. The van der Waals surface area contributed by atoms with Gasteiger partial charge >= 0.3 is 0 Å². The molecule has 0 saturated carbocycles. The molecule has 3 nitrogen and oxygen atoms in total. The molecule has 0 unspecified atom stereocenters. The molecule has 2 aromatic carbocycles. The van der Waals surface area contributed by atoms with Gasteiger partial charge in [-0.05, 0) is 64.9 Å². The Morgan fingerprint density at radius 1 is 1.04 bits per heavy atom. The summed E-state index contributed by atoms with van der Waals surface area (Å²) in [5.41, 5.74) is 5.83. The SMILES string of the molecule is COc1c(C(C)C)cc(/C=C2/C(=O)Nc3ccc(Br)cc32)cc1C(C)C. The van der Waals surface area contributed by atoms with Crippen molar-refractivity contribution >= 4 is 39.2 Å². The van der Waals surface area contributed by atoms with Crippen molar-refractivity contribution < 1.29 is 9.53 Å². The van der Waals surface area contributed by atoms with Crippen LogP contribution in [0.1, 0.15) is 61.8 Å². The summed E-state index contributed by atoms with van der Waals surface area (Å²) >= 11 is 3.50. The zero-order chi connectivity index (χ0) is 19.0. The minimum absolute atomic E-state index is 0.0638. The van der Waals surface area contributed by atoms with E-state index in [1.54, 1.807) is 7.11 Å². The molecule has 0 fully saturated rings. The van der Waals surface area contributed by atoms with E-state index in [-0.39, 0.29) is 5.91 Å². The number of benzene rings is 2. The number of nitrogens with one attached hydrogen (secondary N) is 1. The van der Waals surface area contributed by atoms with Gasteiger partial charge in [-0.15, -0.1) is 0 Å². The van der Waals surface area contributed by atoms with E-state index in [0.29, 0.717) is 17.4 Å². The van der Waals surface area contributed by atoms with Gasteiger partial charge in [-0.2, -0.15) is 0 Å². The lowest BCUT2D eigenvalue weighted by Crippen LogP contribution is -2.04. The molecular formula is C22H24BrNO2. The molecule has 1 aliphatic heterocycles. The first-order valence-electron chi connectivity index (χ1n) is 8.86. The van der Waals surface area contributed by atoms with Crippen molar-refractivity contribution in [2.75, 3.05) is 12.4 Å². The largest absolute Gasteiger partial charge is 0.496 e. The Morgan fingerprint density at radius 2 is 1.65 bits per heavy atom. The Hall–Kier alpha value is -2.07. The van der Waals surface area contributed by atoms with Crippen molar-refractivity contribution in [3.05, 3.63) is 57.1 Å². The molecule has 1 N–H and O–H groups in total. The number of amides is 1. The van der Waals surface area contributed by atoms with Gasteiger partial charge in [0, 0.05) is 21.3 Å². The third-order valence-corrected chi connectivity index (χ3v) is 5.19. The smallest absolute Gasteiger partial charge is 0.256 e. The Bertz CT molecular complexity index is 868. The molecule has 0 spiro atoms. The van der Waals surface area contributed by atoms with E-state index in [4.69, 9.17) is 4.74 Å². The molecule has 2 aromatic rings. The Labute approximate surface area is 163 Å². The van der Waals surface area contributed by atoms with Crippen molar-refractivity contribution in [2.45, 2.75) is 39.5 Å². The van der Waals surface area contributed by atoms with Crippen LogP contribution in [0.15, 0.2) is 34.8 Å². The van der Waals surface area contributed by atoms with E-state index in [1.165, 1.54) is 11.1 Å². The molecule has 136 valence electrons. The van der Waals surface area contributed by atoms with Crippen LogP contribution < -0.4 is 10.1 Å². The second kappa shape index (κ2) is 7.28. The standard InChI is InChI=1S/C22H24BrNO2/c1-12(2)16-8-14(9-17(13(3)4)21(16)26-5)10-19-18-11-15(23)6-7-20(18)24-22(19)25/h6-13H,1-5H3,(H,24,25)/b19-10+. The fourth-order valence-corrected chi connectivity index (χ4v) is 3.71. The van der Waals surface area contributed by atoms with E-state index in [1.807, 2.05) is 24.3 Å². The van der Waals surface area contributed by atoms with Gasteiger partial charge in [0.1, 0.15) is 5.75 Å². The summed E-state index contributed by atoms with van der Waals surface area (Å²) in [6, 6.07) is 10.1. The van der Waals surface area contributed by atoms with Gasteiger partial charge in [0.15, 0.2) is 0 Å². The van der Waals surface area contributed by atoms with Crippen molar-refractivity contribution in [3.8, 4) is 5.75 Å². The van der Waals surface area contributed by atoms with Crippen LogP contribution in [0.4, 0.5) is 5.69 Å². The zero-order valence-corrected chi connectivity index (χ0v) is 17.4. The molecule has 3 rings (SSSR count). The normalized spacial score (nSPS) is 14.9. The highest BCUT2D eigenvalue weighted by molar-refractivity contribution is 9.10. The maximum atomic E-state index is 12.5. The van der Waals surface area contributed by atoms with E-state index < -0.39 is 0 Å². The highest BCUT2D eigenvalue weighted by atomic mass is 79.9. The molecule has 0 radical (unpaired) electrons. The maximum absolute atomic E-state index is 12.5. The third-order valence-electron chi connectivity index (χ3n) is 4.69. The molecule has 0 saturated heterocycles. The number of fused-ring (bicyclic) bond motifs is 1. The van der Waals surface area contributed by atoms with Gasteiger partial charge in [-0.1, -0.05) is 43.6 Å². The molecular weight excluding hydrogens is 390 g/mol. The van der Waals surface area contributed by atoms with Crippen LogP contribution in [-0.4, -0.2) is 13.0 Å². The minimum atomic E-state index is -0.0638. The number of anilines is 1. The van der Waals surface area contributed by atoms with E-state index in [0.717, 1.165) is 27.0 Å². The van der Waals surface area contributed by atoms with Gasteiger partial charge in [0.2, 0.25) is 0 Å². The van der Waals surface area contributed by atoms with Crippen LogP contribution in [0, 0.1) is 0 Å². The number of carbonyl (C=O) groups is 1. The molecule has 4 heteroatoms. The summed E-state index contributed by atoms with van der Waals surface area (Å²) in [4.78, 5) is 12.5. The summed E-state index contributed by atoms with van der Waals surface area (Å²) in [5, 5.41) is 2.94. The van der Waals surface area contributed by atoms with E-state index >= 15 is 0 Å². The maximum Gasteiger partial charge on any atom is 0.256 e. The molecule has 0 aromatic heterocycles. The van der Waals surface area contributed by atoms with Gasteiger partial charge in [0.25, 0.3) is 5.91 Å². The fourth-order valence-electron chi connectivity index (χ4n) is 3.35. The van der Waals surface area contributed by atoms with Gasteiger partial charge in [-0.3, -0.25) is 4.79 Å². The molecule has 0 bridgehead atoms. The van der Waals surface area contributed by atoms with Crippen LogP contribution in [-0.2, 0) is 4.79 Å². The van der Waals surface area contributed by atoms with Crippen molar-refractivity contribution in [1.29, 1.82) is 0 Å². The molecule has 1 aliphatic rings. The summed E-state index contributed by atoms with van der Waals surface area (Å²) in [6.07, 6.45) is 1.98. The summed E-state index contributed by atoms with van der Waals surface area (Å²) in [5.74, 6) is 1.56. The summed E-state index contributed by atoms with van der Waals surface area (Å²) in [6.45, 7) is 8.64. The molecule has 26 heavy (non-hydrogen) atoms. The van der Waals surface area contributed by atoms with Crippen LogP contribution >= 0.6 is 15.9 Å². The van der Waals surface area contributed by atoms with Crippen molar-refractivity contribution in [3.63, 3.8) is 0 Å². The zero-order valence-electron chi connectivity index (χ0n) is 15.8. The Morgan fingerprint density at radius 3 is 2.19 bits per heavy atom. The number of halogens is 1. The first-order valence-corrected chi connectivity index (χ1v) is 9.66. The average molecular weight is 414 g/mol. The number of rotatable bonds is 4. The molecule has 1 heterocycles. The molecule has 0 aliphatic carbocycles. The minimum Gasteiger partial charge on any atom is -0.496 e. The topological polar surface area (TPSA) is 38.3 Å². The van der Waals surface area contributed by atoms with Crippen LogP contribution in [0.5, 0.6) is 5.75 Å². The van der Waals surface area contributed by atoms with Gasteiger partial charge in [-0.25, -0.2) is 0 Å². The summed E-state index contributed by atoms with van der Waals surface area (Å²) in [7, 11) is 1.73. The Kier molecular flexibility index (Phi) is 5.24. The quantitative estimate of drug-likeness (QED) is 0.606. The van der Waals surface area contributed by atoms with E-state index in [2.05, 4.69) is 61.1 Å². The first-order chi connectivity index (χ1) is 12.3. The van der Waals surface area contributed by atoms with Gasteiger partial charge in [0.05, 0.1) is 7.11 Å². The first kappa shape index (κ1) is 18.7. The second-order valence-electron chi connectivity index (χ2n) is 7.24. The second-order valence-corrected chi connectivity index (χ2v) is 8.16. The van der Waals surface area contributed by atoms with Gasteiger partial charge < -0.3 is 10.1 Å². The number of carbonyl (C=O) groups excluding carboxylic acids is 1. The lowest BCUT2D eigenvalue weighted by molar-refractivity contribution is -0.110. The number of methoxy groups -OCH3 is 1. The number of ether oxygens (including phenoxy) is 1. The van der Waals surface area contributed by atoms with Crippen molar-refractivity contribution in [2.24, 2.45) is 0 Å². The average Bonchev–Trinajstić information content (AvgIpc) is 2.89. The molecule has 1 amide bonds. The molecule has 0 atom stereocenters. The lowest BCUT2D eigenvalue weighted by Gasteiger charge is -2.19. The van der Waals surface area contributed by atoms with E-state index in [9.17, 15) is 4.79 Å². The fraction of sp³-hybridized carbons (Fsp3) is 0.318. The lowest BCUT2D eigenvalue weighted by atomic mass is 9.90. The van der Waals surface area contributed by atoms with Crippen LogP contribution in [0.3, 0.4) is 0 Å². The predicted octanol–water partition coefficient (Wildman–Crippen LogP) is 6.20. The third kappa shape index (κ3) is 3.43. The highest BCUT2D eigenvalue weighted by Crippen LogP contribution is 2.39. The van der Waals surface area contributed by atoms with Crippen molar-refractivity contribution in [1.82, 2.24) is 0 Å². The number of hydrogen-bond donors (Lipinski definition) is 1.